The van der Waals surface area contributed by atoms with Crippen molar-refractivity contribution in [3.8, 4) is 5.75 Å². The second-order valence-corrected chi connectivity index (χ2v) is 4.48. The SMILES string of the molecule is Cc1ccc(/C(N)=N/O)cc1OCCn1ccnc1C. The van der Waals surface area contributed by atoms with E-state index in [2.05, 4.69) is 10.1 Å². The summed E-state index contributed by atoms with van der Waals surface area (Å²) in [5, 5.41) is 11.7. The summed E-state index contributed by atoms with van der Waals surface area (Å²) >= 11 is 0. The van der Waals surface area contributed by atoms with E-state index in [4.69, 9.17) is 15.7 Å². The van der Waals surface area contributed by atoms with Crippen LogP contribution in [0, 0.1) is 13.8 Å². The second kappa shape index (κ2) is 6.10. The van der Waals surface area contributed by atoms with Crippen LogP contribution in [0.4, 0.5) is 0 Å². The van der Waals surface area contributed by atoms with Gasteiger partial charge in [-0.3, -0.25) is 0 Å². The number of aromatic nitrogens is 2. The van der Waals surface area contributed by atoms with Gasteiger partial charge in [-0.1, -0.05) is 17.3 Å². The highest BCUT2D eigenvalue weighted by atomic mass is 16.5. The fraction of sp³-hybridized carbons (Fsp3) is 0.286. The maximum atomic E-state index is 8.69. The van der Waals surface area contributed by atoms with E-state index < -0.39 is 0 Å². The van der Waals surface area contributed by atoms with Crippen LogP contribution in [0.15, 0.2) is 35.7 Å². The predicted octanol–water partition coefficient (Wildman–Crippen LogP) is 1.67. The molecule has 20 heavy (non-hydrogen) atoms. The summed E-state index contributed by atoms with van der Waals surface area (Å²) in [5.41, 5.74) is 7.20. The van der Waals surface area contributed by atoms with Gasteiger partial charge in [0.1, 0.15) is 18.2 Å². The first-order chi connectivity index (χ1) is 9.61. The molecule has 0 aliphatic heterocycles. The fourth-order valence-electron chi connectivity index (χ4n) is 1.87. The van der Waals surface area contributed by atoms with Crippen molar-refractivity contribution in [1.29, 1.82) is 0 Å². The van der Waals surface area contributed by atoms with Crippen molar-refractivity contribution in [2.75, 3.05) is 6.61 Å². The lowest BCUT2D eigenvalue weighted by molar-refractivity contribution is 0.295. The first-order valence-electron chi connectivity index (χ1n) is 6.31. The molecule has 6 nitrogen and oxygen atoms in total. The fourth-order valence-corrected chi connectivity index (χ4v) is 1.87. The van der Waals surface area contributed by atoms with E-state index in [0.717, 1.165) is 23.7 Å². The van der Waals surface area contributed by atoms with Crippen molar-refractivity contribution in [3.05, 3.63) is 47.5 Å². The van der Waals surface area contributed by atoms with Crippen molar-refractivity contribution in [1.82, 2.24) is 9.55 Å². The Balaban J connectivity index is 2.04. The van der Waals surface area contributed by atoms with Gasteiger partial charge in [-0.2, -0.15) is 0 Å². The third-order valence-electron chi connectivity index (χ3n) is 3.11. The van der Waals surface area contributed by atoms with Gasteiger partial charge in [0.25, 0.3) is 0 Å². The number of nitrogens with zero attached hydrogens (tertiary/aromatic N) is 3. The van der Waals surface area contributed by atoms with E-state index in [0.29, 0.717) is 12.2 Å². The van der Waals surface area contributed by atoms with Crippen LogP contribution >= 0.6 is 0 Å². The molecule has 0 aliphatic carbocycles. The van der Waals surface area contributed by atoms with Crippen LogP contribution in [0.5, 0.6) is 5.75 Å². The number of rotatable bonds is 5. The Bertz CT molecular complexity index is 619. The summed E-state index contributed by atoms with van der Waals surface area (Å²) < 4.78 is 7.78. The number of nitrogens with two attached hydrogens (primary N) is 1. The van der Waals surface area contributed by atoms with Crippen LogP contribution < -0.4 is 10.5 Å². The summed E-state index contributed by atoms with van der Waals surface area (Å²) in [5.74, 6) is 1.75. The van der Waals surface area contributed by atoms with E-state index in [1.807, 2.05) is 30.7 Å². The van der Waals surface area contributed by atoms with E-state index in [9.17, 15) is 0 Å². The predicted molar refractivity (Wildman–Crippen MR) is 76.1 cm³/mol. The second-order valence-electron chi connectivity index (χ2n) is 4.48. The average Bonchev–Trinajstić information content (AvgIpc) is 2.85. The molecule has 0 saturated heterocycles. The normalized spacial score (nSPS) is 11.6. The minimum absolute atomic E-state index is 0.0697. The minimum atomic E-state index is 0.0697. The van der Waals surface area contributed by atoms with Crippen LogP contribution in [0.1, 0.15) is 17.0 Å². The quantitative estimate of drug-likeness (QED) is 0.376. The molecule has 0 bridgehead atoms. The average molecular weight is 274 g/mol. The molecule has 2 aromatic rings. The topological polar surface area (TPSA) is 85.7 Å². The zero-order valence-electron chi connectivity index (χ0n) is 11.6. The molecule has 0 fully saturated rings. The van der Waals surface area contributed by atoms with Crippen LogP contribution in [-0.2, 0) is 6.54 Å². The lowest BCUT2D eigenvalue weighted by atomic mass is 10.1. The minimum Gasteiger partial charge on any atom is -0.491 e. The zero-order chi connectivity index (χ0) is 14.5. The highest BCUT2D eigenvalue weighted by molar-refractivity contribution is 5.97. The number of amidine groups is 1. The zero-order valence-corrected chi connectivity index (χ0v) is 11.6. The molecule has 106 valence electrons. The number of benzene rings is 1. The monoisotopic (exact) mass is 274 g/mol. The molecule has 1 heterocycles. The van der Waals surface area contributed by atoms with Gasteiger partial charge in [0.15, 0.2) is 5.84 Å². The molecule has 0 radical (unpaired) electrons. The Morgan fingerprint density at radius 1 is 1.45 bits per heavy atom. The van der Waals surface area contributed by atoms with Gasteiger partial charge < -0.3 is 20.2 Å². The van der Waals surface area contributed by atoms with E-state index in [1.54, 1.807) is 18.3 Å². The van der Waals surface area contributed by atoms with Gasteiger partial charge in [-0.15, -0.1) is 0 Å². The maximum Gasteiger partial charge on any atom is 0.170 e. The maximum absolute atomic E-state index is 8.69. The molecule has 0 atom stereocenters. The molecule has 0 spiro atoms. The van der Waals surface area contributed by atoms with Crippen LogP contribution in [0.3, 0.4) is 0 Å². The number of imidazole rings is 1. The third kappa shape index (κ3) is 3.09. The van der Waals surface area contributed by atoms with Crippen LogP contribution in [0.25, 0.3) is 0 Å². The Labute approximate surface area is 117 Å². The lowest BCUT2D eigenvalue weighted by Crippen LogP contribution is -2.14. The van der Waals surface area contributed by atoms with Gasteiger partial charge in [0.2, 0.25) is 0 Å². The Kier molecular flexibility index (Phi) is 4.24. The lowest BCUT2D eigenvalue weighted by Gasteiger charge is -2.11. The number of hydrogen-bond acceptors (Lipinski definition) is 4. The van der Waals surface area contributed by atoms with Gasteiger partial charge in [-0.25, -0.2) is 4.98 Å². The van der Waals surface area contributed by atoms with E-state index in [-0.39, 0.29) is 5.84 Å². The molecular formula is C14H18N4O2. The molecule has 1 aromatic heterocycles. The number of aryl methyl sites for hydroxylation is 2. The van der Waals surface area contributed by atoms with E-state index in [1.165, 1.54) is 0 Å². The first kappa shape index (κ1) is 13.9. The van der Waals surface area contributed by atoms with Crippen molar-refractivity contribution in [2.24, 2.45) is 10.9 Å². The number of hydrogen-bond donors (Lipinski definition) is 2. The van der Waals surface area contributed by atoms with Crippen molar-refractivity contribution >= 4 is 5.84 Å². The van der Waals surface area contributed by atoms with Crippen molar-refractivity contribution in [3.63, 3.8) is 0 Å². The smallest absolute Gasteiger partial charge is 0.170 e. The molecule has 0 saturated carbocycles. The summed E-state index contributed by atoms with van der Waals surface area (Å²) in [6.45, 7) is 5.15. The summed E-state index contributed by atoms with van der Waals surface area (Å²) in [4.78, 5) is 4.16. The van der Waals surface area contributed by atoms with E-state index >= 15 is 0 Å². The summed E-state index contributed by atoms with van der Waals surface area (Å²) in [7, 11) is 0. The summed E-state index contributed by atoms with van der Waals surface area (Å²) in [6.07, 6.45) is 3.68. The van der Waals surface area contributed by atoms with Crippen molar-refractivity contribution in [2.45, 2.75) is 20.4 Å². The Morgan fingerprint density at radius 2 is 2.25 bits per heavy atom. The van der Waals surface area contributed by atoms with Crippen LogP contribution in [0.2, 0.25) is 0 Å². The van der Waals surface area contributed by atoms with Gasteiger partial charge in [0, 0.05) is 18.0 Å². The Hall–Kier alpha value is -2.50. The standard InChI is InChI=1S/C14H18N4O2/c1-10-3-4-12(14(15)17-19)9-13(10)20-8-7-18-6-5-16-11(18)2/h3-6,9,19H,7-8H2,1-2H3,(H2,15,17). The largest absolute Gasteiger partial charge is 0.491 e. The molecule has 0 unspecified atom stereocenters. The Morgan fingerprint density at radius 3 is 2.90 bits per heavy atom. The number of oxime groups is 1. The third-order valence-corrected chi connectivity index (χ3v) is 3.11. The van der Waals surface area contributed by atoms with Crippen molar-refractivity contribution < 1.29 is 9.94 Å². The van der Waals surface area contributed by atoms with Crippen LogP contribution in [-0.4, -0.2) is 27.2 Å². The molecule has 1 aromatic carbocycles. The van der Waals surface area contributed by atoms with Gasteiger partial charge >= 0.3 is 0 Å². The first-order valence-corrected chi connectivity index (χ1v) is 6.31. The molecule has 0 amide bonds. The number of ether oxygens (including phenoxy) is 1. The highest BCUT2D eigenvalue weighted by Crippen LogP contribution is 2.19. The molecule has 3 N–H and O–H groups in total. The highest BCUT2D eigenvalue weighted by Gasteiger charge is 2.05. The molecule has 6 heteroatoms. The molecule has 0 aliphatic rings. The molecule has 2 rings (SSSR count). The summed E-state index contributed by atoms with van der Waals surface area (Å²) in [6, 6.07) is 5.44. The van der Waals surface area contributed by atoms with Gasteiger partial charge in [0.05, 0.1) is 6.54 Å². The molecular weight excluding hydrogens is 256 g/mol. The van der Waals surface area contributed by atoms with Gasteiger partial charge in [-0.05, 0) is 25.5 Å².